The van der Waals surface area contributed by atoms with Gasteiger partial charge in [-0.3, -0.25) is 0 Å². The lowest BCUT2D eigenvalue weighted by Gasteiger charge is -2.04. The molecule has 2 N–H and O–H groups in total. The fraction of sp³-hybridized carbons (Fsp3) is 0.375. The zero-order chi connectivity index (χ0) is 8.27. The van der Waals surface area contributed by atoms with E-state index in [1.807, 2.05) is 19.9 Å². The van der Waals surface area contributed by atoms with Crippen LogP contribution in [0.3, 0.4) is 0 Å². The molecule has 0 aliphatic rings. The molecule has 0 spiro atoms. The van der Waals surface area contributed by atoms with Crippen molar-refractivity contribution in [1.29, 1.82) is 0 Å². The number of aromatic nitrogens is 1. The Morgan fingerprint density at radius 1 is 1.64 bits per heavy atom. The van der Waals surface area contributed by atoms with Crippen molar-refractivity contribution in [2.24, 2.45) is 0 Å². The summed E-state index contributed by atoms with van der Waals surface area (Å²) < 4.78 is 5.22. The highest BCUT2D eigenvalue weighted by atomic mass is 16.5. The summed E-state index contributed by atoms with van der Waals surface area (Å²) in [6, 6.07) is 1.85. The summed E-state index contributed by atoms with van der Waals surface area (Å²) in [6.45, 7) is 4.49. The average molecular weight is 152 g/mol. The Hall–Kier alpha value is -1.25. The summed E-state index contributed by atoms with van der Waals surface area (Å²) in [5.74, 6) is 0.668. The number of nitrogens with two attached hydrogens (primary N) is 1. The highest BCUT2D eigenvalue weighted by Gasteiger charge is 1.98. The van der Waals surface area contributed by atoms with Crippen molar-refractivity contribution in [3.8, 4) is 5.88 Å². The number of aryl methyl sites for hydroxylation is 1. The molecule has 0 atom stereocenters. The van der Waals surface area contributed by atoms with E-state index >= 15 is 0 Å². The molecule has 60 valence electrons. The van der Waals surface area contributed by atoms with Crippen LogP contribution < -0.4 is 10.5 Å². The van der Waals surface area contributed by atoms with Gasteiger partial charge in [-0.2, -0.15) is 0 Å². The van der Waals surface area contributed by atoms with E-state index in [1.54, 1.807) is 6.20 Å². The highest BCUT2D eigenvalue weighted by Crippen LogP contribution is 2.15. The predicted octanol–water partition coefficient (Wildman–Crippen LogP) is 1.37. The molecule has 11 heavy (non-hydrogen) atoms. The molecular formula is C8H12N2O. The van der Waals surface area contributed by atoms with E-state index < -0.39 is 0 Å². The van der Waals surface area contributed by atoms with Crippen molar-refractivity contribution >= 4 is 5.69 Å². The van der Waals surface area contributed by atoms with Crippen LogP contribution in [0, 0.1) is 6.92 Å². The number of pyridine rings is 1. The Balaban J connectivity index is 2.90. The normalized spacial score (nSPS) is 9.64. The van der Waals surface area contributed by atoms with Crippen molar-refractivity contribution in [2.75, 3.05) is 12.3 Å². The predicted molar refractivity (Wildman–Crippen MR) is 44.6 cm³/mol. The van der Waals surface area contributed by atoms with E-state index in [4.69, 9.17) is 10.5 Å². The van der Waals surface area contributed by atoms with Gasteiger partial charge in [-0.25, -0.2) is 4.98 Å². The second-order valence-corrected chi connectivity index (χ2v) is 2.32. The third-order valence-corrected chi connectivity index (χ3v) is 1.33. The number of nitrogen functional groups attached to an aromatic ring is 1. The Labute approximate surface area is 66.2 Å². The Morgan fingerprint density at radius 2 is 2.36 bits per heavy atom. The summed E-state index contributed by atoms with van der Waals surface area (Å²) in [5, 5.41) is 0. The zero-order valence-corrected chi connectivity index (χ0v) is 6.79. The fourth-order valence-corrected chi connectivity index (χ4v) is 0.872. The van der Waals surface area contributed by atoms with Gasteiger partial charge in [0.2, 0.25) is 5.88 Å². The van der Waals surface area contributed by atoms with Gasteiger partial charge in [0.15, 0.2) is 0 Å². The van der Waals surface area contributed by atoms with Crippen LogP contribution in [-0.4, -0.2) is 11.6 Å². The van der Waals surface area contributed by atoms with Gasteiger partial charge < -0.3 is 10.5 Å². The zero-order valence-electron chi connectivity index (χ0n) is 6.79. The van der Waals surface area contributed by atoms with Gasteiger partial charge in [-0.1, -0.05) is 0 Å². The van der Waals surface area contributed by atoms with E-state index in [2.05, 4.69) is 4.98 Å². The third kappa shape index (κ3) is 1.83. The molecule has 3 nitrogen and oxygen atoms in total. The number of hydrogen-bond acceptors (Lipinski definition) is 3. The molecule has 1 heterocycles. The van der Waals surface area contributed by atoms with Crippen LogP contribution in [0.1, 0.15) is 12.5 Å². The second-order valence-electron chi connectivity index (χ2n) is 2.32. The summed E-state index contributed by atoms with van der Waals surface area (Å²) in [5.41, 5.74) is 7.16. The minimum Gasteiger partial charge on any atom is -0.478 e. The van der Waals surface area contributed by atoms with Gasteiger partial charge in [0.25, 0.3) is 0 Å². The molecule has 0 bridgehead atoms. The summed E-state index contributed by atoms with van der Waals surface area (Å²) in [4.78, 5) is 4.02. The molecule has 0 fully saturated rings. The lowest BCUT2D eigenvalue weighted by Crippen LogP contribution is -1.97. The fourth-order valence-electron chi connectivity index (χ4n) is 0.872. The smallest absolute Gasteiger partial charge is 0.216 e. The molecule has 0 aliphatic heterocycles. The van der Waals surface area contributed by atoms with Crippen LogP contribution in [0.5, 0.6) is 5.88 Å². The standard InChI is InChI=1S/C8H12N2O/c1-3-11-8-6(2)4-7(9)5-10-8/h4-5H,3,9H2,1-2H3. The third-order valence-electron chi connectivity index (χ3n) is 1.33. The Bertz CT molecular complexity index is 248. The molecule has 0 saturated heterocycles. The minimum atomic E-state index is 0.637. The van der Waals surface area contributed by atoms with Crippen LogP contribution in [0.4, 0.5) is 5.69 Å². The van der Waals surface area contributed by atoms with Gasteiger partial charge in [-0.05, 0) is 19.9 Å². The number of nitrogens with zero attached hydrogens (tertiary/aromatic N) is 1. The van der Waals surface area contributed by atoms with E-state index in [1.165, 1.54) is 0 Å². The SMILES string of the molecule is CCOc1ncc(N)cc1C. The van der Waals surface area contributed by atoms with Crippen molar-refractivity contribution in [2.45, 2.75) is 13.8 Å². The van der Waals surface area contributed by atoms with E-state index in [0.717, 1.165) is 5.56 Å². The first-order chi connectivity index (χ1) is 5.24. The number of anilines is 1. The maximum atomic E-state index is 5.51. The highest BCUT2D eigenvalue weighted by molar-refractivity contribution is 5.41. The molecule has 1 rings (SSSR count). The number of hydrogen-bond donors (Lipinski definition) is 1. The first kappa shape index (κ1) is 7.85. The van der Waals surface area contributed by atoms with Gasteiger partial charge in [0, 0.05) is 5.56 Å². The van der Waals surface area contributed by atoms with Gasteiger partial charge in [0.1, 0.15) is 0 Å². The van der Waals surface area contributed by atoms with E-state index in [0.29, 0.717) is 18.2 Å². The molecule has 0 aromatic carbocycles. The van der Waals surface area contributed by atoms with Gasteiger partial charge >= 0.3 is 0 Å². The lowest BCUT2D eigenvalue weighted by molar-refractivity contribution is 0.324. The Kier molecular flexibility index (Phi) is 2.31. The van der Waals surface area contributed by atoms with Crippen molar-refractivity contribution in [3.05, 3.63) is 17.8 Å². The van der Waals surface area contributed by atoms with Crippen molar-refractivity contribution < 1.29 is 4.74 Å². The van der Waals surface area contributed by atoms with Crippen LogP contribution in [-0.2, 0) is 0 Å². The first-order valence-electron chi connectivity index (χ1n) is 3.59. The Morgan fingerprint density at radius 3 is 2.91 bits per heavy atom. The second kappa shape index (κ2) is 3.23. The molecule has 0 unspecified atom stereocenters. The molecule has 0 aliphatic carbocycles. The van der Waals surface area contributed by atoms with Crippen molar-refractivity contribution in [1.82, 2.24) is 4.98 Å². The first-order valence-corrected chi connectivity index (χ1v) is 3.59. The minimum absolute atomic E-state index is 0.637. The monoisotopic (exact) mass is 152 g/mol. The van der Waals surface area contributed by atoms with Gasteiger partial charge in [-0.15, -0.1) is 0 Å². The van der Waals surface area contributed by atoms with Crippen LogP contribution >= 0.6 is 0 Å². The molecule has 1 aromatic rings. The molecule has 0 amide bonds. The molecular weight excluding hydrogens is 140 g/mol. The molecule has 3 heteroatoms. The van der Waals surface area contributed by atoms with E-state index in [9.17, 15) is 0 Å². The maximum Gasteiger partial charge on any atom is 0.216 e. The van der Waals surface area contributed by atoms with E-state index in [-0.39, 0.29) is 0 Å². The van der Waals surface area contributed by atoms with Crippen LogP contribution in [0.25, 0.3) is 0 Å². The molecule has 0 saturated carbocycles. The number of ether oxygens (including phenoxy) is 1. The topological polar surface area (TPSA) is 48.1 Å². The van der Waals surface area contributed by atoms with Crippen molar-refractivity contribution in [3.63, 3.8) is 0 Å². The summed E-state index contributed by atoms with van der Waals surface area (Å²) >= 11 is 0. The van der Waals surface area contributed by atoms with Crippen LogP contribution in [0.2, 0.25) is 0 Å². The molecule has 1 aromatic heterocycles. The van der Waals surface area contributed by atoms with Gasteiger partial charge in [0.05, 0.1) is 18.5 Å². The summed E-state index contributed by atoms with van der Waals surface area (Å²) in [6.07, 6.45) is 1.60. The largest absolute Gasteiger partial charge is 0.478 e. The average Bonchev–Trinajstić information content (AvgIpc) is 1.95. The quantitative estimate of drug-likeness (QED) is 0.696. The summed E-state index contributed by atoms with van der Waals surface area (Å²) in [7, 11) is 0. The van der Waals surface area contributed by atoms with Crippen LogP contribution in [0.15, 0.2) is 12.3 Å². The number of rotatable bonds is 2. The molecule has 0 radical (unpaired) electrons. The maximum absolute atomic E-state index is 5.51. The lowest BCUT2D eigenvalue weighted by atomic mass is 10.3.